The molecule has 0 aromatic heterocycles. The van der Waals surface area contributed by atoms with Crippen molar-refractivity contribution in [1.82, 2.24) is 0 Å². The summed E-state index contributed by atoms with van der Waals surface area (Å²) in [7, 11) is -1.94. The fourth-order valence-electron chi connectivity index (χ4n) is 2.95. The molecule has 0 spiro atoms. The second-order valence-electron chi connectivity index (χ2n) is 8.13. The number of hydrogen-bond donors (Lipinski definition) is 2. The van der Waals surface area contributed by atoms with Crippen LogP contribution in [0.3, 0.4) is 0 Å². The van der Waals surface area contributed by atoms with E-state index in [9.17, 15) is 18.5 Å². The summed E-state index contributed by atoms with van der Waals surface area (Å²) >= 11 is 0. The molecule has 2 aromatic rings. The van der Waals surface area contributed by atoms with Crippen molar-refractivity contribution >= 4 is 22.3 Å². The van der Waals surface area contributed by atoms with Crippen LogP contribution >= 0.6 is 0 Å². The average molecular weight is 420 g/mol. The van der Waals surface area contributed by atoms with Gasteiger partial charge in [-0.1, -0.05) is 56.9 Å². The molecule has 2 amide bonds. The van der Waals surface area contributed by atoms with Crippen LogP contribution in [0.5, 0.6) is 0 Å². The Balaban J connectivity index is 2.39. The highest BCUT2D eigenvalue weighted by Crippen LogP contribution is 2.33. The Bertz CT molecular complexity index is 959. The number of nitrogens with one attached hydrogen (secondary N) is 1. The zero-order chi connectivity index (χ0) is 21.9. The summed E-state index contributed by atoms with van der Waals surface area (Å²) < 4.78 is 30.3. The van der Waals surface area contributed by atoms with Crippen LogP contribution in [0.1, 0.15) is 70.1 Å². The predicted molar refractivity (Wildman–Crippen MR) is 114 cm³/mol. The van der Waals surface area contributed by atoms with Gasteiger partial charge in [0.25, 0.3) is 0 Å². The molecule has 2 N–H and O–H groups in total. The molecule has 0 heterocycles. The molecule has 5 nitrogen and oxygen atoms in total. The molecule has 2 aromatic carbocycles. The van der Waals surface area contributed by atoms with Crippen molar-refractivity contribution in [2.24, 2.45) is 4.36 Å². The number of carbonyl (C=O) groups excluding carboxylic acids is 1. The number of urea groups is 1. The van der Waals surface area contributed by atoms with Crippen LogP contribution in [0.2, 0.25) is 0 Å². The highest BCUT2D eigenvalue weighted by Gasteiger charge is 2.18. The Morgan fingerprint density at radius 2 is 1.66 bits per heavy atom. The lowest BCUT2D eigenvalue weighted by Crippen LogP contribution is -2.15. The number of nitrogens with zero attached hydrogens (tertiary/aromatic N) is 1. The fourth-order valence-corrected chi connectivity index (χ4v) is 3.67. The molecule has 0 unspecified atom stereocenters. The Morgan fingerprint density at radius 3 is 2.14 bits per heavy atom. The van der Waals surface area contributed by atoms with Crippen LogP contribution in [0.25, 0.3) is 0 Å². The van der Waals surface area contributed by atoms with E-state index in [0.29, 0.717) is 27.3 Å². The molecule has 2 rings (SSSR count). The SMILES string of the molecule is CC(C)c1cc(F)cc(C(C)C)c1NC(=O)N=[S-](=O)c1cccc(C(C)(C)O)c1. The van der Waals surface area contributed by atoms with Crippen molar-refractivity contribution in [1.29, 1.82) is 0 Å². The molecule has 29 heavy (non-hydrogen) atoms. The Hall–Kier alpha value is -2.25. The van der Waals surface area contributed by atoms with Gasteiger partial charge < -0.3 is 19.0 Å². The van der Waals surface area contributed by atoms with Crippen molar-refractivity contribution in [3.63, 3.8) is 0 Å². The highest BCUT2D eigenvalue weighted by atomic mass is 32.2. The van der Waals surface area contributed by atoms with Gasteiger partial charge in [-0.25, -0.2) is 9.18 Å². The van der Waals surface area contributed by atoms with E-state index in [1.54, 1.807) is 38.1 Å². The molecule has 0 saturated carbocycles. The summed E-state index contributed by atoms with van der Waals surface area (Å²) in [5, 5.41) is 12.8. The summed E-state index contributed by atoms with van der Waals surface area (Å²) in [4.78, 5) is 12.8. The van der Waals surface area contributed by atoms with Crippen LogP contribution in [0.4, 0.5) is 14.9 Å². The number of amides is 2. The largest absolute Gasteiger partial charge is 0.439 e. The molecule has 7 heteroatoms. The van der Waals surface area contributed by atoms with Gasteiger partial charge >= 0.3 is 6.03 Å². The minimum Gasteiger partial charge on any atom is -0.439 e. The van der Waals surface area contributed by atoms with E-state index in [1.165, 1.54) is 12.1 Å². The van der Waals surface area contributed by atoms with E-state index >= 15 is 0 Å². The minimum absolute atomic E-state index is 0.0209. The maximum atomic E-state index is 14.0. The number of halogens is 1. The topological polar surface area (TPSA) is 78.8 Å². The van der Waals surface area contributed by atoms with Crippen LogP contribution in [-0.4, -0.2) is 11.1 Å². The standard InChI is InChI=1S/C22H28FN2O3S/c1-13(2)18-11-16(23)12-19(14(3)4)20(18)24-21(26)25-29(28)17-9-7-8-15(10-17)22(5,6)27/h7-14,27H,1-6H3,(H,24,26)/q-1. The maximum Gasteiger partial charge on any atom is 0.322 e. The molecule has 0 atom stereocenters. The molecule has 0 bridgehead atoms. The molecule has 0 saturated heterocycles. The lowest BCUT2D eigenvalue weighted by Gasteiger charge is -2.21. The van der Waals surface area contributed by atoms with Gasteiger partial charge in [0.2, 0.25) is 0 Å². The first kappa shape index (κ1) is 23.0. The van der Waals surface area contributed by atoms with E-state index in [1.807, 2.05) is 27.7 Å². The van der Waals surface area contributed by atoms with Crippen LogP contribution in [0.15, 0.2) is 45.7 Å². The quantitative estimate of drug-likeness (QED) is 0.580. The third-order valence-corrected chi connectivity index (χ3v) is 5.54. The average Bonchev–Trinajstić information content (AvgIpc) is 2.61. The van der Waals surface area contributed by atoms with Gasteiger partial charge in [-0.05, 0) is 54.5 Å². The second kappa shape index (κ2) is 9.05. The zero-order valence-corrected chi connectivity index (χ0v) is 18.4. The summed E-state index contributed by atoms with van der Waals surface area (Å²) in [6.07, 6.45) is 0. The van der Waals surface area contributed by atoms with Gasteiger partial charge in [-0.3, -0.25) is 0 Å². The monoisotopic (exact) mass is 419 g/mol. The van der Waals surface area contributed by atoms with Crippen LogP contribution in [0, 0.1) is 5.82 Å². The van der Waals surface area contributed by atoms with E-state index < -0.39 is 22.2 Å². The van der Waals surface area contributed by atoms with Crippen LogP contribution < -0.4 is 5.32 Å². The highest BCUT2D eigenvalue weighted by molar-refractivity contribution is 7.75. The first-order valence-corrected chi connectivity index (χ1v) is 10.6. The van der Waals surface area contributed by atoms with Crippen molar-refractivity contribution in [2.75, 3.05) is 5.32 Å². The number of anilines is 1. The van der Waals surface area contributed by atoms with Crippen LogP contribution in [-0.2, 0) is 20.4 Å². The minimum atomic E-state index is -1.94. The van der Waals surface area contributed by atoms with Gasteiger partial charge in [0.05, 0.1) is 5.60 Å². The summed E-state index contributed by atoms with van der Waals surface area (Å²) in [5.41, 5.74) is 1.29. The number of hydrogen-bond acceptors (Lipinski definition) is 4. The van der Waals surface area contributed by atoms with Crippen molar-refractivity contribution < 1.29 is 18.5 Å². The number of benzene rings is 2. The van der Waals surface area contributed by atoms with Gasteiger partial charge in [0.1, 0.15) is 5.82 Å². The molecule has 0 fully saturated rings. The summed E-state index contributed by atoms with van der Waals surface area (Å²) in [6.45, 7) is 10.9. The molecule has 0 aliphatic carbocycles. The van der Waals surface area contributed by atoms with E-state index in [-0.39, 0.29) is 17.7 Å². The van der Waals surface area contributed by atoms with Crippen molar-refractivity contribution in [3.8, 4) is 0 Å². The smallest absolute Gasteiger partial charge is 0.322 e. The maximum absolute atomic E-state index is 14.0. The first-order chi connectivity index (χ1) is 13.4. The molecular formula is C22H28FN2O3S-. The lowest BCUT2D eigenvalue weighted by molar-refractivity contribution is 0.0784. The Morgan fingerprint density at radius 1 is 1.10 bits per heavy atom. The van der Waals surface area contributed by atoms with E-state index in [0.717, 1.165) is 0 Å². The van der Waals surface area contributed by atoms with Gasteiger partial charge in [0, 0.05) is 5.69 Å². The Kier molecular flexibility index (Phi) is 7.19. The molecule has 0 radical (unpaired) electrons. The summed E-state index contributed by atoms with van der Waals surface area (Å²) in [5.74, 6) is -0.403. The normalized spacial score (nSPS) is 13.2. The number of carbonyl (C=O) groups is 1. The van der Waals surface area contributed by atoms with Crippen molar-refractivity contribution in [2.45, 2.75) is 63.9 Å². The number of aliphatic hydroxyl groups is 1. The predicted octanol–water partition coefficient (Wildman–Crippen LogP) is 6.04. The van der Waals surface area contributed by atoms with Gasteiger partial charge in [-0.2, -0.15) is 10.6 Å². The molecule has 158 valence electrons. The number of rotatable bonds is 5. The van der Waals surface area contributed by atoms with E-state index in [2.05, 4.69) is 9.68 Å². The summed E-state index contributed by atoms with van der Waals surface area (Å²) in [6, 6.07) is 8.53. The fraction of sp³-hybridized carbons (Fsp3) is 0.409. The first-order valence-electron chi connectivity index (χ1n) is 9.51. The van der Waals surface area contributed by atoms with E-state index in [4.69, 9.17) is 0 Å². The van der Waals surface area contributed by atoms with Gasteiger partial charge in [-0.15, -0.1) is 0 Å². The van der Waals surface area contributed by atoms with Crippen molar-refractivity contribution in [3.05, 3.63) is 58.9 Å². The zero-order valence-electron chi connectivity index (χ0n) is 17.6. The third-order valence-electron chi connectivity index (χ3n) is 4.55. The molecular weight excluding hydrogens is 391 g/mol. The second-order valence-corrected chi connectivity index (χ2v) is 9.28. The lowest BCUT2D eigenvalue weighted by atomic mass is 9.92. The molecule has 0 aliphatic rings. The Labute approximate surface area is 173 Å². The van der Waals surface area contributed by atoms with Gasteiger partial charge in [0.15, 0.2) is 0 Å². The molecule has 0 aliphatic heterocycles. The third kappa shape index (κ3) is 5.87.